The van der Waals surface area contributed by atoms with Crippen LogP contribution in [0.4, 0.5) is 11.4 Å². The summed E-state index contributed by atoms with van der Waals surface area (Å²) in [6.45, 7) is 18.5. The number of rotatable bonds is 19. The predicted molar refractivity (Wildman–Crippen MR) is 559 cm³/mol. The standard InChI is InChI=1S/C27H29N3O3.C27H28N2O4.C22H25NO3.C21H23NO4.C20H23NO3.CH4/c1-18-8-9-22(16-25(18)31)26(32)29-24-7-3-6-23(15-24)27(33)30-12-10-20(11-13-30)21-5-2-4-19(14-21)17-28;1-2-18-6-3-7-20(16-18)19-12-14-29(15-13-19)27(33)21-8-4-9-22(17-21)28-26(32)23-10-5-11-24(30)25(23)31;1-2-16-4-3-5-19(14-16)18-10-12-23(13-11-18)22(26)9-7-17-6-8-20(24)21(25)15-17;1-2-14-3-6-19-16(11-14)21(13-26-19)7-9-22(10-8-21)20(25)15-4-5-17(23)18(24)12-15;1-2-14-5-3-6-16(13-14)15-9-11-21(12-10-15)20(24)17-7-4-8-18(22)19(17)23;/h2-9,14-16,20,31H,10-13,17,28H2,1H3,(H,29,32);3-11,16-17,19,30-31H,2,12-15H2,1H3,(H,28,32);3-9,14-15,18,24-25H,2,10-13H2,1H3;3-6,11-12,23-24H,2,7-10,13H2,1H3;3-8,13,15,22-23H,2,9-12H2,1H3;1H4/b;;9-7-;;;. The Kier molecular flexibility index (Phi) is 36.1. The van der Waals surface area contributed by atoms with Crippen LogP contribution in [0.2, 0.25) is 0 Å². The summed E-state index contributed by atoms with van der Waals surface area (Å²) in [6, 6.07) is 77.0. The average molecular weight is 1930 g/mol. The summed E-state index contributed by atoms with van der Waals surface area (Å²) >= 11 is 0. The number of benzene rings is 12. The number of nitrogens with one attached hydrogen (secondary N) is 2. The van der Waals surface area contributed by atoms with Crippen molar-refractivity contribution in [1.29, 1.82) is 0 Å². The molecule has 0 bridgehead atoms. The molecule has 5 saturated heterocycles. The van der Waals surface area contributed by atoms with Crippen LogP contribution in [0.5, 0.6) is 57.5 Å². The molecule has 25 heteroatoms. The van der Waals surface area contributed by atoms with Crippen molar-refractivity contribution in [1.82, 2.24) is 24.5 Å². The highest BCUT2D eigenvalue weighted by Gasteiger charge is 2.44. The monoisotopic (exact) mass is 1930 g/mol. The van der Waals surface area contributed by atoms with E-state index in [9.17, 15) is 79.5 Å². The van der Waals surface area contributed by atoms with Crippen LogP contribution in [0.15, 0.2) is 261 Å². The Morgan fingerprint density at radius 2 is 0.741 bits per heavy atom. The highest BCUT2D eigenvalue weighted by atomic mass is 16.5. The maximum absolute atomic E-state index is 13.1. The van der Waals surface area contributed by atoms with E-state index in [1.807, 2.05) is 31.7 Å². The highest BCUT2D eigenvalue weighted by Crippen LogP contribution is 2.47. The van der Waals surface area contributed by atoms with Gasteiger partial charge in [-0.2, -0.15) is 0 Å². The number of amides is 7. The largest absolute Gasteiger partial charge is 0.508 e. The molecule has 7 amide bonds. The number of likely N-dealkylation sites (tertiary alicyclic amines) is 5. The van der Waals surface area contributed by atoms with E-state index in [2.05, 4.69) is 141 Å². The molecule has 0 aromatic heterocycles. The SMILES string of the molecule is C.CCc1ccc2c(c1)C1(CCN(C(=O)c3ccc(O)c(O)c3)CC1)CO2.CCc1cccc(C2CCN(C(=O)/C=C\c3ccc(O)c(O)c3)CC2)c1.CCc1cccc(C2CCN(C(=O)c3cccc(NC(=O)c4cccc(O)c4O)c3)CC2)c1.CCc1cccc(C2CCN(C(=O)c3cccc(O)c3O)CC2)c1.Cc1ccc(C(=O)Nc2cccc(C(=O)N3CCC(c4cccc(CN)c4)CC3)c2)cc1O. The summed E-state index contributed by atoms with van der Waals surface area (Å²) in [5.74, 6) is -0.691. The fraction of sp³-hybridized carbons (Fsp3) is 0.314. The van der Waals surface area contributed by atoms with Crippen LogP contribution < -0.4 is 21.1 Å². The molecule has 6 aliphatic heterocycles. The molecule has 5 fully saturated rings. The van der Waals surface area contributed by atoms with Gasteiger partial charge in [0.15, 0.2) is 46.0 Å². The third kappa shape index (κ3) is 26.7. The van der Waals surface area contributed by atoms with Gasteiger partial charge in [-0.1, -0.05) is 181 Å². The van der Waals surface area contributed by atoms with Crippen molar-refractivity contribution >= 4 is 58.8 Å². The van der Waals surface area contributed by atoms with Crippen molar-refractivity contribution in [2.24, 2.45) is 5.73 Å². The van der Waals surface area contributed by atoms with Gasteiger partial charge >= 0.3 is 0 Å². The van der Waals surface area contributed by atoms with E-state index in [-0.39, 0.29) is 105 Å². The van der Waals surface area contributed by atoms with E-state index in [0.29, 0.717) is 134 Å². The number of carbonyl (C=O) groups is 7. The van der Waals surface area contributed by atoms with Gasteiger partial charge in [-0.3, -0.25) is 33.6 Å². The number of nitrogens with two attached hydrogens (primary N) is 1. The lowest BCUT2D eigenvalue weighted by molar-refractivity contribution is -0.127. The number of piperidine rings is 5. The first-order valence-electron chi connectivity index (χ1n) is 49.2. The van der Waals surface area contributed by atoms with Crippen LogP contribution in [0, 0.1) is 6.92 Å². The van der Waals surface area contributed by atoms with Crippen molar-refractivity contribution in [2.45, 2.75) is 168 Å². The molecule has 12 aromatic rings. The number of ether oxygens (including phenoxy) is 1. The third-order valence-corrected chi connectivity index (χ3v) is 28.2. The summed E-state index contributed by atoms with van der Waals surface area (Å²) < 4.78 is 5.94. The lowest BCUT2D eigenvalue weighted by atomic mass is 9.74. The molecule has 25 nitrogen and oxygen atoms in total. The molecule has 0 atom stereocenters. The van der Waals surface area contributed by atoms with Crippen molar-refractivity contribution in [2.75, 3.05) is 82.7 Å². The minimum atomic E-state index is -0.567. The zero-order valence-corrected chi connectivity index (χ0v) is 81.2. The number of carbonyl (C=O) groups excluding carboxylic acids is 7. The summed E-state index contributed by atoms with van der Waals surface area (Å²) in [5.41, 5.74) is 23.2. The maximum Gasteiger partial charge on any atom is 0.259 e. The van der Waals surface area contributed by atoms with Gasteiger partial charge in [0.05, 0.1) is 17.7 Å². The Balaban J connectivity index is 0.000000151. The fourth-order valence-electron chi connectivity index (χ4n) is 19.4. The molecule has 12 aromatic carbocycles. The number of aryl methyl sites for hydroxylation is 5. The molecule has 0 saturated carbocycles. The van der Waals surface area contributed by atoms with Crippen LogP contribution in [0.3, 0.4) is 0 Å². The number of phenolic OH excluding ortho intramolecular Hbond substituents is 9. The molecule has 6 heterocycles. The van der Waals surface area contributed by atoms with Gasteiger partial charge in [-0.25, -0.2) is 0 Å². The van der Waals surface area contributed by atoms with Crippen molar-refractivity contribution < 1.29 is 84.3 Å². The molecule has 0 unspecified atom stereocenters. The first kappa shape index (κ1) is 105. The molecule has 143 heavy (non-hydrogen) atoms. The topological polar surface area (TPSA) is 377 Å². The number of fused-ring (bicyclic) bond motifs is 2. The number of aromatic hydroxyl groups is 9. The first-order valence-corrected chi connectivity index (χ1v) is 49.2. The summed E-state index contributed by atoms with van der Waals surface area (Å²) in [4.78, 5) is 98.1. The van der Waals surface area contributed by atoms with Crippen molar-refractivity contribution in [3.63, 3.8) is 0 Å². The molecule has 0 radical (unpaired) electrons. The number of anilines is 2. The van der Waals surface area contributed by atoms with Crippen molar-refractivity contribution in [3.05, 3.63) is 361 Å². The molecule has 13 N–H and O–H groups in total. The molecule has 18 rings (SSSR count). The van der Waals surface area contributed by atoms with Crippen LogP contribution in [-0.4, -0.2) is 184 Å². The number of hydrogen-bond donors (Lipinski definition) is 12. The second-order valence-electron chi connectivity index (χ2n) is 37.3. The number of hydrogen-bond acceptors (Lipinski definition) is 18. The Hall–Kier alpha value is -15.4. The van der Waals surface area contributed by atoms with Crippen molar-refractivity contribution in [3.8, 4) is 57.5 Å². The summed E-state index contributed by atoms with van der Waals surface area (Å²) in [6.07, 6.45) is 16.5. The minimum absolute atomic E-state index is 0. The highest BCUT2D eigenvalue weighted by molar-refractivity contribution is 6.08. The molecular weight excluding hydrogens is 1800 g/mol. The third-order valence-electron chi connectivity index (χ3n) is 28.2. The Bertz CT molecular complexity index is 6510. The fourth-order valence-corrected chi connectivity index (χ4v) is 19.4. The van der Waals surface area contributed by atoms with Crippen LogP contribution in [0.1, 0.15) is 252 Å². The second-order valence-corrected chi connectivity index (χ2v) is 37.3. The van der Waals surface area contributed by atoms with Gasteiger partial charge in [0.2, 0.25) is 5.91 Å². The van der Waals surface area contributed by atoms with E-state index in [1.165, 1.54) is 111 Å². The Labute approximate surface area is 837 Å². The van der Waals surface area contributed by atoms with E-state index in [1.54, 1.807) is 103 Å². The molecule has 6 aliphatic rings. The molecule has 0 aliphatic carbocycles. The number of phenols is 9. The zero-order valence-electron chi connectivity index (χ0n) is 81.2. The lowest BCUT2D eigenvalue weighted by Gasteiger charge is -2.38. The van der Waals surface area contributed by atoms with Gasteiger partial charge in [0.25, 0.3) is 35.4 Å². The van der Waals surface area contributed by atoms with Crippen LogP contribution in [-0.2, 0) is 42.4 Å². The van der Waals surface area contributed by atoms with Gasteiger partial charge in [0.1, 0.15) is 11.5 Å². The van der Waals surface area contributed by atoms with E-state index < -0.39 is 11.7 Å². The van der Waals surface area contributed by atoms with Gasteiger partial charge in [0, 0.05) is 123 Å². The second kappa shape index (κ2) is 49.2. The molecule has 1 spiro atoms. The summed E-state index contributed by atoms with van der Waals surface area (Å²) in [7, 11) is 0. The maximum atomic E-state index is 13.1. The van der Waals surface area contributed by atoms with E-state index in [4.69, 9.17) is 10.5 Å². The smallest absolute Gasteiger partial charge is 0.259 e. The first-order chi connectivity index (χ1) is 68.6. The van der Waals surface area contributed by atoms with Gasteiger partial charge in [-0.15, -0.1) is 0 Å². The Morgan fingerprint density at radius 3 is 1.20 bits per heavy atom. The Morgan fingerprint density at radius 1 is 0.357 bits per heavy atom. The predicted octanol–water partition coefficient (Wildman–Crippen LogP) is 21.0. The molecule has 746 valence electrons. The lowest BCUT2D eigenvalue weighted by Crippen LogP contribution is -2.46. The molecular formula is C118H132N8O17. The van der Waals surface area contributed by atoms with E-state index >= 15 is 0 Å². The van der Waals surface area contributed by atoms with Gasteiger partial charge < -0.3 is 91.6 Å². The van der Waals surface area contributed by atoms with E-state index in [0.717, 1.165) is 114 Å². The number of nitrogens with zero attached hydrogens (tertiary/aromatic N) is 5. The normalized spacial score (nSPS) is 15.2. The minimum Gasteiger partial charge on any atom is -0.508 e. The van der Waals surface area contributed by atoms with Crippen LogP contribution >= 0.6 is 0 Å². The van der Waals surface area contributed by atoms with Gasteiger partial charge in [-0.05, 0) is 297 Å². The summed E-state index contributed by atoms with van der Waals surface area (Å²) in [5, 5.41) is 92.2. The zero-order chi connectivity index (χ0) is 101. The average Bonchev–Trinajstić information content (AvgIpc) is 1.61. The number of para-hydroxylation sites is 2. The van der Waals surface area contributed by atoms with Crippen LogP contribution in [0.25, 0.3) is 6.08 Å². The quantitative estimate of drug-likeness (QED) is 0.0264.